The SMILES string of the molecule is CC(=O)N1C2CC(C1C(C)(C)C)N(C(C)(C)C)C2. The number of fused-ring (bicyclic) bond motifs is 2. The fraction of sp³-hybridized carbons (Fsp3) is 0.933. The van der Waals surface area contributed by atoms with E-state index < -0.39 is 0 Å². The first-order chi connectivity index (χ1) is 8.03. The summed E-state index contributed by atoms with van der Waals surface area (Å²) in [6.07, 6.45) is 1.15. The van der Waals surface area contributed by atoms with Crippen LogP contribution in [0.1, 0.15) is 54.9 Å². The van der Waals surface area contributed by atoms with E-state index in [1.165, 1.54) is 0 Å². The second kappa shape index (κ2) is 3.96. The van der Waals surface area contributed by atoms with Crippen molar-refractivity contribution in [2.45, 2.75) is 78.6 Å². The summed E-state index contributed by atoms with van der Waals surface area (Å²) in [6.45, 7) is 16.4. The van der Waals surface area contributed by atoms with E-state index in [-0.39, 0.29) is 16.9 Å². The van der Waals surface area contributed by atoms with Crippen LogP contribution in [0.2, 0.25) is 0 Å². The molecule has 3 heteroatoms. The van der Waals surface area contributed by atoms with Gasteiger partial charge in [-0.05, 0) is 32.6 Å². The van der Waals surface area contributed by atoms with Gasteiger partial charge < -0.3 is 4.90 Å². The van der Waals surface area contributed by atoms with Gasteiger partial charge in [-0.15, -0.1) is 0 Å². The first kappa shape index (κ1) is 13.9. The lowest BCUT2D eigenvalue weighted by Gasteiger charge is -2.50. The van der Waals surface area contributed by atoms with E-state index in [1.807, 2.05) is 0 Å². The summed E-state index contributed by atoms with van der Waals surface area (Å²) in [5.74, 6) is 0.246. The van der Waals surface area contributed by atoms with Gasteiger partial charge in [0.2, 0.25) is 5.91 Å². The molecule has 2 fully saturated rings. The van der Waals surface area contributed by atoms with Crippen LogP contribution in [0, 0.1) is 5.41 Å². The molecule has 0 aliphatic carbocycles. The molecule has 3 unspecified atom stereocenters. The molecule has 1 amide bonds. The monoisotopic (exact) mass is 252 g/mol. The number of rotatable bonds is 0. The zero-order chi connectivity index (χ0) is 13.9. The van der Waals surface area contributed by atoms with Gasteiger partial charge >= 0.3 is 0 Å². The van der Waals surface area contributed by atoms with Gasteiger partial charge in [0.25, 0.3) is 0 Å². The number of hydrogen-bond donors (Lipinski definition) is 0. The van der Waals surface area contributed by atoms with Gasteiger partial charge in [-0.3, -0.25) is 9.69 Å². The van der Waals surface area contributed by atoms with Crippen molar-refractivity contribution in [2.75, 3.05) is 6.54 Å². The minimum absolute atomic E-state index is 0.148. The van der Waals surface area contributed by atoms with E-state index in [1.54, 1.807) is 6.92 Å². The maximum Gasteiger partial charge on any atom is 0.220 e. The van der Waals surface area contributed by atoms with Crippen LogP contribution in [0.25, 0.3) is 0 Å². The molecule has 2 aliphatic rings. The molecule has 18 heavy (non-hydrogen) atoms. The zero-order valence-electron chi connectivity index (χ0n) is 12.9. The molecule has 0 N–H and O–H groups in total. The van der Waals surface area contributed by atoms with Crippen molar-refractivity contribution in [1.29, 1.82) is 0 Å². The molecular weight excluding hydrogens is 224 g/mol. The lowest BCUT2D eigenvalue weighted by molar-refractivity contribution is -0.139. The topological polar surface area (TPSA) is 23.6 Å². The second-order valence-corrected chi connectivity index (χ2v) is 8.02. The van der Waals surface area contributed by atoms with Crippen LogP contribution in [0.3, 0.4) is 0 Å². The van der Waals surface area contributed by atoms with Crippen molar-refractivity contribution < 1.29 is 4.79 Å². The molecule has 3 atom stereocenters. The Morgan fingerprint density at radius 1 is 1.11 bits per heavy atom. The van der Waals surface area contributed by atoms with Gasteiger partial charge in [0.05, 0.1) is 6.04 Å². The lowest BCUT2D eigenvalue weighted by atomic mass is 9.81. The standard InChI is InChI=1S/C15H28N2O/c1-10(18)17-11-8-12(13(17)14(2,3)4)16(9-11)15(5,6)7/h11-13H,8-9H2,1-7H3. The van der Waals surface area contributed by atoms with Crippen LogP contribution < -0.4 is 0 Å². The second-order valence-electron chi connectivity index (χ2n) is 8.02. The summed E-state index contributed by atoms with van der Waals surface area (Å²) in [7, 11) is 0. The van der Waals surface area contributed by atoms with Crippen molar-refractivity contribution in [3.63, 3.8) is 0 Å². The molecule has 0 spiro atoms. The number of piperazine rings is 1. The fourth-order valence-corrected chi connectivity index (χ4v) is 3.98. The maximum atomic E-state index is 12.0. The molecule has 2 rings (SSSR count). The number of carbonyl (C=O) groups excluding carboxylic acids is 1. The molecular formula is C15H28N2O. The fourth-order valence-electron chi connectivity index (χ4n) is 3.98. The number of hydrogen-bond acceptors (Lipinski definition) is 2. The number of carbonyl (C=O) groups is 1. The summed E-state index contributed by atoms with van der Waals surface area (Å²) in [5.41, 5.74) is 0.348. The molecule has 0 saturated carbocycles. The van der Waals surface area contributed by atoms with Crippen molar-refractivity contribution in [3.8, 4) is 0 Å². The van der Waals surface area contributed by atoms with E-state index in [9.17, 15) is 4.79 Å². The Labute approximate surface area is 112 Å². The predicted molar refractivity (Wildman–Crippen MR) is 74.4 cm³/mol. The summed E-state index contributed by atoms with van der Waals surface area (Å²) < 4.78 is 0. The van der Waals surface area contributed by atoms with Crippen molar-refractivity contribution >= 4 is 5.91 Å². The van der Waals surface area contributed by atoms with Gasteiger partial charge in [-0.2, -0.15) is 0 Å². The third kappa shape index (κ3) is 2.07. The van der Waals surface area contributed by atoms with Gasteiger partial charge in [-0.25, -0.2) is 0 Å². The lowest BCUT2D eigenvalue weighted by Crippen LogP contribution is -2.62. The average Bonchev–Trinajstić information content (AvgIpc) is 2.69. The highest BCUT2D eigenvalue weighted by molar-refractivity contribution is 5.75. The van der Waals surface area contributed by atoms with Gasteiger partial charge in [-0.1, -0.05) is 20.8 Å². The van der Waals surface area contributed by atoms with E-state index >= 15 is 0 Å². The third-order valence-electron chi connectivity index (χ3n) is 4.49. The van der Waals surface area contributed by atoms with Gasteiger partial charge in [0, 0.05) is 31.1 Å². The Bertz CT molecular complexity index is 350. The van der Waals surface area contributed by atoms with Crippen LogP contribution in [-0.2, 0) is 4.79 Å². The molecule has 2 heterocycles. The van der Waals surface area contributed by atoms with Crippen LogP contribution in [0.15, 0.2) is 0 Å². The Balaban J connectivity index is 2.32. The highest BCUT2D eigenvalue weighted by Gasteiger charge is 2.56. The summed E-state index contributed by atoms with van der Waals surface area (Å²) in [5, 5.41) is 0. The average molecular weight is 252 g/mol. The van der Waals surface area contributed by atoms with E-state index in [2.05, 4.69) is 51.3 Å². The van der Waals surface area contributed by atoms with Crippen LogP contribution in [0.5, 0.6) is 0 Å². The summed E-state index contributed by atoms with van der Waals surface area (Å²) >= 11 is 0. The highest BCUT2D eigenvalue weighted by atomic mass is 16.2. The summed E-state index contributed by atoms with van der Waals surface area (Å²) in [6, 6.07) is 1.31. The molecule has 104 valence electrons. The summed E-state index contributed by atoms with van der Waals surface area (Å²) in [4.78, 5) is 16.7. The van der Waals surface area contributed by atoms with Crippen molar-refractivity contribution in [2.24, 2.45) is 5.41 Å². The molecule has 0 aromatic heterocycles. The zero-order valence-corrected chi connectivity index (χ0v) is 12.9. The normalized spacial score (nSPS) is 33.3. The molecule has 0 aromatic carbocycles. The molecule has 0 aromatic rings. The molecule has 2 aliphatic heterocycles. The number of amides is 1. The van der Waals surface area contributed by atoms with Crippen LogP contribution in [0.4, 0.5) is 0 Å². The third-order valence-corrected chi connectivity index (χ3v) is 4.49. The Morgan fingerprint density at radius 3 is 2.06 bits per heavy atom. The number of likely N-dealkylation sites (tertiary alicyclic amines) is 2. The largest absolute Gasteiger partial charge is 0.334 e. The highest BCUT2D eigenvalue weighted by Crippen LogP contribution is 2.45. The first-order valence-electron chi connectivity index (χ1n) is 7.09. The van der Waals surface area contributed by atoms with E-state index in [0.29, 0.717) is 18.1 Å². The molecule has 0 radical (unpaired) electrons. The van der Waals surface area contributed by atoms with E-state index in [0.717, 1.165) is 13.0 Å². The number of nitrogens with zero attached hydrogens (tertiary/aromatic N) is 2. The molecule has 3 nitrogen and oxygen atoms in total. The molecule has 2 saturated heterocycles. The quantitative estimate of drug-likeness (QED) is 0.661. The van der Waals surface area contributed by atoms with Crippen LogP contribution in [-0.4, -0.2) is 45.9 Å². The minimum atomic E-state index is 0.148. The Hall–Kier alpha value is -0.570. The maximum absolute atomic E-state index is 12.0. The predicted octanol–water partition coefficient (Wildman–Crippen LogP) is 2.50. The van der Waals surface area contributed by atoms with Gasteiger partial charge in [0.15, 0.2) is 0 Å². The molecule has 2 bridgehead atoms. The van der Waals surface area contributed by atoms with Crippen molar-refractivity contribution in [1.82, 2.24) is 9.80 Å². The first-order valence-corrected chi connectivity index (χ1v) is 7.09. The van der Waals surface area contributed by atoms with E-state index in [4.69, 9.17) is 0 Å². The Kier molecular flexibility index (Phi) is 3.05. The van der Waals surface area contributed by atoms with Crippen molar-refractivity contribution in [3.05, 3.63) is 0 Å². The Morgan fingerprint density at radius 2 is 1.67 bits per heavy atom. The minimum Gasteiger partial charge on any atom is -0.334 e. The van der Waals surface area contributed by atoms with Gasteiger partial charge in [0.1, 0.15) is 0 Å². The smallest absolute Gasteiger partial charge is 0.220 e. The van der Waals surface area contributed by atoms with Crippen LogP contribution >= 0.6 is 0 Å².